The fraction of sp³-hybridized carbons (Fsp3) is 0.500. The molecular formula is C18H22N4O. The van der Waals surface area contributed by atoms with Crippen LogP contribution < -0.4 is 5.32 Å². The topological polar surface area (TPSA) is 59.8 Å². The number of nitrogens with zero attached hydrogens (tertiary/aromatic N) is 3. The van der Waals surface area contributed by atoms with E-state index in [1.165, 1.54) is 12.8 Å². The number of rotatable bonds is 3. The average molecular weight is 310 g/mol. The zero-order valence-electron chi connectivity index (χ0n) is 13.2. The van der Waals surface area contributed by atoms with Crippen molar-refractivity contribution < 1.29 is 4.79 Å². The Morgan fingerprint density at radius 2 is 1.87 bits per heavy atom. The molecule has 1 saturated carbocycles. The van der Waals surface area contributed by atoms with Crippen LogP contribution in [0.25, 0.3) is 11.4 Å². The highest BCUT2D eigenvalue weighted by atomic mass is 16.1. The fourth-order valence-corrected chi connectivity index (χ4v) is 3.75. The normalized spacial score (nSPS) is 21.1. The molecule has 5 heteroatoms. The molecule has 1 N–H and O–H groups in total. The van der Waals surface area contributed by atoms with Crippen molar-refractivity contribution in [2.45, 2.75) is 51.1 Å². The van der Waals surface area contributed by atoms with Gasteiger partial charge in [-0.15, -0.1) is 10.2 Å². The molecule has 1 fully saturated rings. The van der Waals surface area contributed by atoms with Crippen LogP contribution in [0, 0.1) is 5.92 Å². The van der Waals surface area contributed by atoms with Crippen molar-refractivity contribution in [1.29, 1.82) is 0 Å². The van der Waals surface area contributed by atoms with Gasteiger partial charge in [0.05, 0.1) is 0 Å². The van der Waals surface area contributed by atoms with Crippen LogP contribution in [0.15, 0.2) is 30.3 Å². The molecule has 2 heterocycles. The van der Waals surface area contributed by atoms with E-state index in [1.54, 1.807) is 0 Å². The molecule has 1 amide bonds. The Kier molecular flexibility index (Phi) is 3.85. The molecule has 5 nitrogen and oxygen atoms in total. The second-order valence-electron chi connectivity index (χ2n) is 6.64. The third-order valence-electron chi connectivity index (χ3n) is 5.05. The van der Waals surface area contributed by atoms with E-state index in [0.29, 0.717) is 0 Å². The first-order valence-corrected chi connectivity index (χ1v) is 8.59. The maximum absolute atomic E-state index is 12.4. The van der Waals surface area contributed by atoms with Gasteiger partial charge in [-0.25, -0.2) is 0 Å². The molecule has 1 atom stereocenters. The van der Waals surface area contributed by atoms with Crippen molar-refractivity contribution in [3.05, 3.63) is 36.2 Å². The minimum absolute atomic E-state index is 0.189. The molecule has 0 bridgehead atoms. The molecule has 2 aliphatic rings. The van der Waals surface area contributed by atoms with E-state index in [-0.39, 0.29) is 17.9 Å². The predicted octanol–water partition coefficient (Wildman–Crippen LogP) is 2.57. The molecule has 1 aromatic heterocycles. The molecule has 1 aromatic carbocycles. The maximum atomic E-state index is 12.4. The summed E-state index contributed by atoms with van der Waals surface area (Å²) < 4.78 is 2.17. The molecule has 0 radical (unpaired) electrons. The van der Waals surface area contributed by atoms with E-state index in [9.17, 15) is 4.79 Å². The lowest BCUT2D eigenvalue weighted by atomic mass is 10.0. The van der Waals surface area contributed by atoms with E-state index in [2.05, 4.69) is 32.2 Å². The van der Waals surface area contributed by atoms with Gasteiger partial charge >= 0.3 is 0 Å². The molecule has 1 aliphatic heterocycles. The van der Waals surface area contributed by atoms with Crippen molar-refractivity contribution in [3.8, 4) is 11.4 Å². The number of hydrogen-bond donors (Lipinski definition) is 1. The quantitative estimate of drug-likeness (QED) is 0.948. The zero-order chi connectivity index (χ0) is 15.6. The molecule has 1 unspecified atom stereocenters. The minimum atomic E-state index is 0.189. The van der Waals surface area contributed by atoms with Crippen molar-refractivity contribution in [3.63, 3.8) is 0 Å². The highest BCUT2D eigenvalue weighted by Gasteiger charge is 2.28. The number of carbonyl (C=O) groups excluding carboxylic acids is 1. The van der Waals surface area contributed by atoms with Gasteiger partial charge in [0.15, 0.2) is 5.82 Å². The number of aryl methyl sites for hydroxylation is 1. The summed E-state index contributed by atoms with van der Waals surface area (Å²) >= 11 is 0. The highest BCUT2D eigenvalue weighted by molar-refractivity contribution is 5.79. The second kappa shape index (κ2) is 6.14. The zero-order valence-corrected chi connectivity index (χ0v) is 13.2. The van der Waals surface area contributed by atoms with Crippen molar-refractivity contribution in [2.24, 2.45) is 5.92 Å². The Morgan fingerprint density at radius 3 is 2.65 bits per heavy atom. The Morgan fingerprint density at radius 1 is 1.09 bits per heavy atom. The molecule has 4 rings (SSSR count). The summed E-state index contributed by atoms with van der Waals surface area (Å²) in [5.41, 5.74) is 1.08. The third kappa shape index (κ3) is 2.87. The fourth-order valence-electron chi connectivity index (χ4n) is 3.75. The average Bonchev–Trinajstić information content (AvgIpc) is 3.25. The number of aromatic nitrogens is 3. The van der Waals surface area contributed by atoms with Crippen molar-refractivity contribution in [1.82, 2.24) is 20.1 Å². The van der Waals surface area contributed by atoms with Gasteiger partial charge in [-0.05, 0) is 19.3 Å². The lowest BCUT2D eigenvalue weighted by Crippen LogP contribution is -2.43. The van der Waals surface area contributed by atoms with Crippen LogP contribution in [0.4, 0.5) is 0 Å². The number of amides is 1. The van der Waals surface area contributed by atoms with Gasteiger partial charge in [0.1, 0.15) is 5.82 Å². The highest BCUT2D eigenvalue weighted by Crippen LogP contribution is 2.26. The predicted molar refractivity (Wildman–Crippen MR) is 87.7 cm³/mol. The summed E-state index contributed by atoms with van der Waals surface area (Å²) in [5, 5.41) is 11.9. The van der Waals surface area contributed by atoms with Crippen molar-refractivity contribution >= 4 is 5.91 Å². The van der Waals surface area contributed by atoms with Gasteiger partial charge in [0.2, 0.25) is 5.91 Å². The van der Waals surface area contributed by atoms with Crippen LogP contribution in [0.1, 0.15) is 37.9 Å². The van der Waals surface area contributed by atoms with Crippen LogP contribution in [0.5, 0.6) is 0 Å². The van der Waals surface area contributed by atoms with Gasteiger partial charge in [0.25, 0.3) is 0 Å². The number of hydrogen-bond acceptors (Lipinski definition) is 3. The molecule has 1 aliphatic carbocycles. The molecule has 23 heavy (non-hydrogen) atoms. The largest absolute Gasteiger partial charge is 0.351 e. The smallest absolute Gasteiger partial charge is 0.223 e. The summed E-state index contributed by atoms with van der Waals surface area (Å²) in [6.45, 7) is 0.769. The van der Waals surface area contributed by atoms with E-state index in [1.807, 2.05) is 18.2 Å². The van der Waals surface area contributed by atoms with E-state index in [4.69, 9.17) is 0 Å². The SMILES string of the molecule is O=C(NC1CCc2nnc(-c3ccccc3)n2C1)C1CCCC1. The Bertz CT molecular complexity index is 688. The lowest BCUT2D eigenvalue weighted by molar-refractivity contribution is -0.125. The van der Waals surface area contributed by atoms with Crippen LogP contribution in [-0.4, -0.2) is 26.7 Å². The van der Waals surface area contributed by atoms with Crippen LogP contribution >= 0.6 is 0 Å². The van der Waals surface area contributed by atoms with Gasteiger partial charge in [-0.3, -0.25) is 4.79 Å². The van der Waals surface area contributed by atoms with E-state index in [0.717, 1.165) is 49.4 Å². The first-order valence-electron chi connectivity index (χ1n) is 8.59. The second-order valence-corrected chi connectivity index (χ2v) is 6.64. The number of fused-ring (bicyclic) bond motifs is 1. The maximum Gasteiger partial charge on any atom is 0.223 e. The van der Waals surface area contributed by atoms with Crippen LogP contribution in [0.3, 0.4) is 0 Å². The van der Waals surface area contributed by atoms with Crippen molar-refractivity contribution in [2.75, 3.05) is 0 Å². The monoisotopic (exact) mass is 310 g/mol. The molecule has 120 valence electrons. The summed E-state index contributed by atoms with van der Waals surface area (Å²) in [5.74, 6) is 2.40. The summed E-state index contributed by atoms with van der Waals surface area (Å²) in [4.78, 5) is 12.4. The molecule has 0 saturated heterocycles. The summed E-state index contributed by atoms with van der Waals surface area (Å²) in [6.07, 6.45) is 6.30. The number of nitrogens with one attached hydrogen (secondary N) is 1. The van der Waals surface area contributed by atoms with Gasteiger partial charge < -0.3 is 9.88 Å². The standard InChI is InChI=1S/C18H22N4O/c23-18(14-8-4-5-9-14)19-15-10-11-16-20-21-17(22(16)12-15)13-6-2-1-3-7-13/h1-3,6-7,14-15H,4-5,8-12H2,(H,19,23). The minimum Gasteiger partial charge on any atom is -0.351 e. The number of carbonyl (C=O) groups is 1. The summed E-state index contributed by atoms with van der Waals surface area (Å²) in [7, 11) is 0. The molecule has 2 aromatic rings. The first-order chi connectivity index (χ1) is 11.3. The van der Waals surface area contributed by atoms with E-state index >= 15 is 0 Å². The van der Waals surface area contributed by atoms with Gasteiger partial charge in [-0.1, -0.05) is 43.2 Å². The molecule has 0 spiro atoms. The summed E-state index contributed by atoms with van der Waals surface area (Å²) in [6, 6.07) is 10.3. The Hall–Kier alpha value is -2.17. The number of benzene rings is 1. The van der Waals surface area contributed by atoms with E-state index < -0.39 is 0 Å². The third-order valence-corrected chi connectivity index (χ3v) is 5.05. The molecular weight excluding hydrogens is 288 g/mol. The van der Waals surface area contributed by atoms with Gasteiger partial charge in [-0.2, -0.15) is 0 Å². The Labute approximate surface area is 136 Å². The first kappa shape index (κ1) is 14.4. The Balaban J connectivity index is 1.50. The lowest BCUT2D eigenvalue weighted by Gasteiger charge is -2.26. The van der Waals surface area contributed by atoms with Crippen LogP contribution in [0.2, 0.25) is 0 Å². The van der Waals surface area contributed by atoms with Crippen LogP contribution in [-0.2, 0) is 17.8 Å². The van der Waals surface area contributed by atoms with Gasteiger partial charge in [0, 0.05) is 30.5 Å².